The van der Waals surface area contributed by atoms with Crippen LogP contribution >= 0.6 is 0 Å². The molecule has 0 saturated carbocycles. The maximum atomic E-state index is 5.23. The van der Waals surface area contributed by atoms with Gasteiger partial charge in [-0.2, -0.15) is 5.10 Å². The van der Waals surface area contributed by atoms with Crippen LogP contribution in [0.25, 0.3) is 0 Å². The van der Waals surface area contributed by atoms with Gasteiger partial charge in [-0.1, -0.05) is 6.92 Å². The molecule has 11 heavy (non-hydrogen) atoms. The molecule has 0 spiro atoms. The molecule has 0 radical (unpaired) electrons. The second-order valence-electron chi connectivity index (χ2n) is 2.70. The Balaban J connectivity index is 2.37. The molecule has 0 N–H and O–H groups in total. The van der Waals surface area contributed by atoms with Crippen molar-refractivity contribution >= 4 is 6.21 Å². The first-order valence-electron chi connectivity index (χ1n) is 4.20. The fraction of sp³-hybridized carbons (Fsp3) is 0.875. The third-order valence-corrected chi connectivity index (χ3v) is 1.86. The molecule has 0 amide bonds. The van der Waals surface area contributed by atoms with Crippen molar-refractivity contribution in [1.82, 2.24) is 5.01 Å². The number of ether oxygens (including phenoxy) is 1. The van der Waals surface area contributed by atoms with E-state index in [-0.39, 0.29) is 6.23 Å². The molecular weight excluding hydrogens is 140 g/mol. The van der Waals surface area contributed by atoms with Gasteiger partial charge in [0, 0.05) is 19.9 Å². The lowest BCUT2D eigenvalue weighted by atomic mass is 10.4. The summed E-state index contributed by atoms with van der Waals surface area (Å²) in [5.41, 5.74) is 0. The first-order chi connectivity index (χ1) is 5.38. The van der Waals surface area contributed by atoms with Crippen molar-refractivity contribution < 1.29 is 4.74 Å². The lowest BCUT2D eigenvalue weighted by Crippen LogP contribution is -2.25. The largest absolute Gasteiger partial charge is 0.360 e. The average Bonchev–Trinajstić information content (AvgIpc) is 2.47. The van der Waals surface area contributed by atoms with Gasteiger partial charge in [-0.15, -0.1) is 0 Å². The van der Waals surface area contributed by atoms with Gasteiger partial charge in [0.2, 0.25) is 0 Å². The Morgan fingerprint density at radius 2 is 2.55 bits per heavy atom. The number of hydrogen-bond acceptors (Lipinski definition) is 3. The zero-order valence-electron chi connectivity index (χ0n) is 7.29. The molecule has 1 atom stereocenters. The smallest absolute Gasteiger partial charge is 0.145 e. The van der Waals surface area contributed by atoms with E-state index in [2.05, 4.69) is 12.0 Å². The van der Waals surface area contributed by atoms with Crippen LogP contribution in [0.4, 0.5) is 0 Å². The molecule has 3 nitrogen and oxygen atoms in total. The van der Waals surface area contributed by atoms with Gasteiger partial charge in [-0.05, 0) is 19.3 Å². The average molecular weight is 156 g/mol. The number of nitrogens with zero attached hydrogens (tertiary/aromatic N) is 2. The summed E-state index contributed by atoms with van der Waals surface area (Å²) in [7, 11) is 1.74. The van der Waals surface area contributed by atoms with Crippen LogP contribution in [-0.4, -0.2) is 31.1 Å². The molecule has 1 rings (SSSR count). The lowest BCUT2D eigenvalue weighted by Gasteiger charge is -2.18. The van der Waals surface area contributed by atoms with E-state index in [4.69, 9.17) is 4.74 Å². The van der Waals surface area contributed by atoms with Crippen LogP contribution in [0.1, 0.15) is 26.2 Å². The van der Waals surface area contributed by atoms with Crippen LogP contribution in [0.5, 0.6) is 0 Å². The first-order valence-corrected chi connectivity index (χ1v) is 4.20. The summed E-state index contributed by atoms with van der Waals surface area (Å²) in [6.07, 6.45) is 5.44. The van der Waals surface area contributed by atoms with E-state index >= 15 is 0 Å². The molecule has 64 valence electrons. The Bertz CT molecular complexity index is 136. The number of hydrazone groups is 1. The Morgan fingerprint density at radius 1 is 1.73 bits per heavy atom. The fourth-order valence-corrected chi connectivity index (χ4v) is 1.28. The number of hydrogen-bond donors (Lipinski definition) is 0. The monoisotopic (exact) mass is 156 g/mol. The summed E-state index contributed by atoms with van der Waals surface area (Å²) in [5, 5.41) is 6.29. The molecular formula is C8H16N2O. The minimum atomic E-state index is 0.220. The van der Waals surface area contributed by atoms with Gasteiger partial charge in [0.25, 0.3) is 0 Å². The van der Waals surface area contributed by atoms with E-state index in [1.165, 1.54) is 6.42 Å². The number of methoxy groups -OCH3 is 1. The molecule has 0 aromatic carbocycles. The molecule has 3 heteroatoms. The molecule has 0 bridgehead atoms. The lowest BCUT2D eigenvalue weighted by molar-refractivity contribution is -0.00204. The summed E-state index contributed by atoms with van der Waals surface area (Å²) in [6.45, 7) is 3.12. The molecule has 1 aliphatic rings. The van der Waals surface area contributed by atoms with Gasteiger partial charge in [0.05, 0.1) is 0 Å². The number of rotatable bonds is 3. The fourth-order valence-electron chi connectivity index (χ4n) is 1.28. The van der Waals surface area contributed by atoms with Crippen LogP contribution in [0.15, 0.2) is 5.10 Å². The molecule has 0 aromatic rings. The zero-order chi connectivity index (χ0) is 8.10. The van der Waals surface area contributed by atoms with Crippen molar-refractivity contribution in [2.75, 3.05) is 13.7 Å². The normalized spacial score (nSPS) is 25.3. The van der Waals surface area contributed by atoms with Crippen molar-refractivity contribution in [2.24, 2.45) is 5.10 Å². The van der Waals surface area contributed by atoms with Crippen LogP contribution in [0.3, 0.4) is 0 Å². The van der Waals surface area contributed by atoms with Crippen LogP contribution in [0.2, 0.25) is 0 Å². The SMILES string of the molecule is CC/C=N/N1CCCC1OC. The maximum Gasteiger partial charge on any atom is 0.145 e. The van der Waals surface area contributed by atoms with Gasteiger partial charge in [0.15, 0.2) is 0 Å². The highest BCUT2D eigenvalue weighted by Crippen LogP contribution is 2.16. The molecule has 0 aliphatic carbocycles. The van der Waals surface area contributed by atoms with E-state index in [0.29, 0.717) is 0 Å². The highest BCUT2D eigenvalue weighted by molar-refractivity contribution is 5.56. The second-order valence-corrected chi connectivity index (χ2v) is 2.70. The molecule has 1 aliphatic heterocycles. The summed E-state index contributed by atoms with van der Waals surface area (Å²) < 4.78 is 5.23. The van der Waals surface area contributed by atoms with Crippen molar-refractivity contribution in [3.05, 3.63) is 0 Å². The Kier molecular flexibility index (Phi) is 3.36. The summed E-state index contributed by atoms with van der Waals surface area (Å²) >= 11 is 0. The predicted octanol–water partition coefficient (Wildman–Crippen LogP) is 1.45. The Morgan fingerprint density at radius 3 is 3.18 bits per heavy atom. The maximum absolute atomic E-state index is 5.23. The quantitative estimate of drug-likeness (QED) is 0.578. The topological polar surface area (TPSA) is 24.8 Å². The van der Waals surface area contributed by atoms with E-state index in [0.717, 1.165) is 19.4 Å². The molecule has 1 fully saturated rings. The van der Waals surface area contributed by atoms with Crippen molar-refractivity contribution in [3.8, 4) is 0 Å². The van der Waals surface area contributed by atoms with Crippen LogP contribution in [0, 0.1) is 0 Å². The Labute approximate surface area is 68.0 Å². The third-order valence-electron chi connectivity index (χ3n) is 1.86. The second kappa shape index (κ2) is 4.34. The van der Waals surface area contributed by atoms with Gasteiger partial charge < -0.3 is 4.74 Å². The minimum Gasteiger partial charge on any atom is -0.360 e. The molecule has 1 heterocycles. The van der Waals surface area contributed by atoms with E-state index in [9.17, 15) is 0 Å². The summed E-state index contributed by atoms with van der Waals surface area (Å²) in [6, 6.07) is 0. The van der Waals surface area contributed by atoms with Crippen molar-refractivity contribution in [1.29, 1.82) is 0 Å². The Hall–Kier alpha value is -0.570. The van der Waals surface area contributed by atoms with Crippen LogP contribution < -0.4 is 0 Å². The van der Waals surface area contributed by atoms with E-state index < -0.39 is 0 Å². The molecule has 1 unspecified atom stereocenters. The predicted molar refractivity (Wildman–Crippen MR) is 45.5 cm³/mol. The van der Waals surface area contributed by atoms with Gasteiger partial charge in [-0.3, -0.25) is 5.01 Å². The minimum absolute atomic E-state index is 0.220. The standard InChI is InChI=1S/C8H16N2O/c1-3-6-9-10-7-4-5-8(10)11-2/h6,8H,3-5,7H2,1-2H3/b9-6+. The van der Waals surface area contributed by atoms with Crippen molar-refractivity contribution in [3.63, 3.8) is 0 Å². The van der Waals surface area contributed by atoms with Gasteiger partial charge in [0.1, 0.15) is 6.23 Å². The highest BCUT2D eigenvalue weighted by atomic mass is 16.5. The van der Waals surface area contributed by atoms with Crippen molar-refractivity contribution in [2.45, 2.75) is 32.4 Å². The summed E-state index contributed by atoms with van der Waals surface area (Å²) in [5.74, 6) is 0. The van der Waals surface area contributed by atoms with Gasteiger partial charge in [-0.25, -0.2) is 0 Å². The first kappa shape index (κ1) is 8.53. The highest BCUT2D eigenvalue weighted by Gasteiger charge is 2.21. The summed E-state index contributed by atoms with van der Waals surface area (Å²) in [4.78, 5) is 0. The third kappa shape index (κ3) is 2.19. The molecule has 1 saturated heterocycles. The van der Waals surface area contributed by atoms with E-state index in [1.54, 1.807) is 7.11 Å². The van der Waals surface area contributed by atoms with E-state index in [1.807, 2.05) is 11.2 Å². The van der Waals surface area contributed by atoms with Gasteiger partial charge >= 0.3 is 0 Å². The molecule has 0 aromatic heterocycles. The zero-order valence-corrected chi connectivity index (χ0v) is 7.29. The van der Waals surface area contributed by atoms with Crippen LogP contribution in [-0.2, 0) is 4.74 Å².